The predicted octanol–water partition coefficient (Wildman–Crippen LogP) is 3.21. The fraction of sp³-hybridized carbons (Fsp3) is 0.333. The van der Waals surface area contributed by atoms with Crippen molar-refractivity contribution in [3.8, 4) is 11.5 Å². The number of ether oxygens (including phenoxy) is 3. The number of methoxy groups -OCH3 is 3. The van der Waals surface area contributed by atoms with Crippen LogP contribution in [0.25, 0.3) is 0 Å². The molecule has 0 N–H and O–H groups in total. The second-order valence-corrected chi connectivity index (χ2v) is 6.66. The molecule has 0 aliphatic heterocycles. The first kappa shape index (κ1) is 21.8. The molecule has 0 aliphatic carbocycles. The molecule has 0 fully saturated rings. The van der Waals surface area contributed by atoms with Crippen LogP contribution in [0.5, 0.6) is 11.5 Å². The highest BCUT2D eigenvalue weighted by molar-refractivity contribution is 9.09. The Morgan fingerprint density at radius 1 is 0.893 bits per heavy atom. The Kier molecular flexibility index (Phi) is 8.32. The number of hydrogen-bond acceptors (Lipinski definition) is 5. The SMILES string of the molecule is COC(=O)[C@@H](Cc1ccc(OC)cc1)N(Cc1ccc(OC)cc1)C(=O)CBr. The van der Waals surface area contributed by atoms with Crippen molar-refractivity contribution >= 4 is 27.8 Å². The van der Waals surface area contributed by atoms with Gasteiger partial charge in [-0.3, -0.25) is 4.79 Å². The van der Waals surface area contributed by atoms with Gasteiger partial charge in [0.05, 0.1) is 26.7 Å². The molecule has 0 saturated heterocycles. The summed E-state index contributed by atoms with van der Waals surface area (Å²) in [5.41, 5.74) is 1.79. The van der Waals surface area contributed by atoms with E-state index in [0.29, 0.717) is 6.42 Å². The summed E-state index contributed by atoms with van der Waals surface area (Å²) >= 11 is 3.22. The van der Waals surface area contributed by atoms with Gasteiger partial charge in [-0.25, -0.2) is 4.79 Å². The van der Waals surface area contributed by atoms with E-state index < -0.39 is 12.0 Å². The van der Waals surface area contributed by atoms with Gasteiger partial charge < -0.3 is 19.1 Å². The number of carbonyl (C=O) groups excluding carboxylic acids is 2. The van der Waals surface area contributed by atoms with E-state index >= 15 is 0 Å². The van der Waals surface area contributed by atoms with Crippen LogP contribution in [-0.4, -0.2) is 49.5 Å². The number of rotatable bonds is 9. The molecule has 0 radical (unpaired) electrons. The molecule has 6 nitrogen and oxygen atoms in total. The fourth-order valence-corrected chi connectivity index (χ4v) is 3.14. The standard InChI is InChI=1S/C21H24BrNO5/c1-26-17-8-4-15(5-9-17)12-19(21(25)28-3)23(20(24)13-22)14-16-6-10-18(27-2)11-7-16/h4-11,19H,12-14H2,1-3H3/t19-/m1/s1. The van der Waals surface area contributed by atoms with Crippen molar-refractivity contribution in [2.75, 3.05) is 26.7 Å². The first-order chi connectivity index (χ1) is 13.5. The quantitative estimate of drug-likeness (QED) is 0.434. The number of carbonyl (C=O) groups is 2. The highest BCUT2D eigenvalue weighted by Gasteiger charge is 2.30. The molecule has 7 heteroatoms. The topological polar surface area (TPSA) is 65.1 Å². The van der Waals surface area contributed by atoms with Gasteiger partial charge in [-0.2, -0.15) is 0 Å². The Labute approximate surface area is 173 Å². The maximum atomic E-state index is 12.6. The summed E-state index contributed by atoms with van der Waals surface area (Å²) in [6, 6.07) is 14.0. The number of amides is 1. The lowest BCUT2D eigenvalue weighted by atomic mass is 10.0. The second kappa shape index (κ2) is 10.7. The molecule has 0 bridgehead atoms. The van der Waals surface area contributed by atoms with Crippen LogP contribution in [0.1, 0.15) is 11.1 Å². The zero-order valence-electron chi connectivity index (χ0n) is 16.2. The van der Waals surface area contributed by atoms with Crippen LogP contribution < -0.4 is 9.47 Å². The lowest BCUT2D eigenvalue weighted by Gasteiger charge is -2.30. The van der Waals surface area contributed by atoms with Gasteiger partial charge in [-0.05, 0) is 35.4 Å². The number of halogens is 1. The van der Waals surface area contributed by atoms with E-state index in [0.717, 1.165) is 22.6 Å². The maximum Gasteiger partial charge on any atom is 0.328 e. The lowest BCUT2D eigenvalue weighted by Crippen LogP contribution is -2.47. The fourth-order valence-electron chi connectivity index (χ4n) is 2.82. The van der Waals surface area contributed by atoms with Crippen molar-refractivity contribution in [1.82, 2.24) is 4.90 Å². The van der Waals surface area contributed by atoms with Gasteiger partial charge in [-0.1, -0.05) is 40.2 Å². The molecule has 0 heterocycles. The molecule has 0 aromatic heterocycles. The molecule has 150 valence electrons. The smallest absolute Gasteiger partial charge is 0.328 e. The third-order valence-electron chi connectivity index (χ3n) is 4.38. The summed E-state index contributed by atoms with van der Waals surface area (Å²) in [7, 11) is 4.52. The number of alkyl halides is 1. The van der Waals surface area contributed by atoms with Gasteiger partial charge in [0.1, 0.15) is 17.5 Å². The van der Waals surface area contributed by atoms with E-state index in [9.17, 15) is 9.59 Å². The summed E-state index contributed by atoms with van der Waals surface area (Å²) in [5, 5.41) is 0.110. The van der Waals surface area contributed by atoms with Crippen molar-refractivity contribution in [2.45, 2.75) is 19.0 Å². The van der Waals surface area contributed by atoms with Crippen LogP contribution in [0, 0.1) is 0 Å². The molecule has 28 heavy (non-hydrogen) atoms. The average Bonchev–Trinajstić information content (AvgIpc) is 2.75. The maximum absolute atomic E-state index is 12.6. The summed E-state index contributed by atoms with van der Waals surface area (Å²) in [6.07, 6.45) is 0.339. The van der Waals surface area contributed by atoms with Gasteiger partial charge in [0, 0.05) is 13.0 Å². The zero-order valence-corrected chi connectivity index (χ0v) is 17.8. The van der Waals surface area contributed by atoms with Gasteiger partial charge in [-0.15, -0.1) is 0 Å². The summed E-state index contributed by atoms with van der Waals surface area (Å²) in [6.45, 7) is 0.282. The number of benzene rings is 2. The minimum atomic E-state index is -0.745. The van der Waals surface area contributed by atoms with E-state index in [2.05, 4.69) is 15.9 Å². The van der Waals surface area contributed by atoms with Crippen LogP contribution in [0.15, 0.2) is 48.5 Å². The first-order valence-corrected chi connectivity index (χ1v) is 9.83. The van der Waals surface area contributed by atoms with Gasteiger partial charge in [0.15, 0.2) is 0 Å². The Balaban J connectivity index is 2.29. The van der Waals surface area contributed by atoms with Crippen LogP contribution in [-0.2, 0) is 27.3 Å². The zero-order chi connectivity index (χ0) is 20.5. The predicted molar refractivity (Wildman–Crippen MR) is 110 cm³/mol. The van der Waals surface area contributed by atoms with Crippen LogP contribution in [0.2, 0.25) is 0 Å². The van der Waals surface area contributed by atoms with E-state index in [1.807, 2.05) is 48.5 Å². The molecule has 1 amide bonds. The minimum absolute atomic E-state index is 0.110. The molecule has 2 aromatic rings. The average molecular weight is 450 g/mol. The van der Waals surface area contributed by atoms with Crippen molar-refractivity contribution in [3.05, 3.63) is 59.7 Å². The van der Waals surface area contributed by atoms with Crippen LogP contribution in [0.4, 0.5) is 0 Å². The van der Waals surface area contributed by atoms with E-state index in [-0.39, 0.29) is 17.8 Å². The van der Waals surface area contributed by atoms with Crippen molar-refractivity contribution in [1.29, 1.82) is 0 Å². The van der Waals surface area contributed by atoms with E-state index in [1.54, 1.807) is 14.2 Å². The largest absolute Gasteiger partial charge is 0.497 e. The Morgan fingerprint density at radius 3 is 1.82 bits per heavy atom. The highest BCUT2D eigenvalue weighted by atomic mass is 79.9. The van der Waals surface area contributed by atoms with Crippen molar-refractivity contribution < 1.29 is 23.8 Å². The Bertz CT molecular complexity index is 709. The molecule has 2 aromatic carbocycles. The third-order valence-corrected chi connectivity index (χ3v) is 4.86. The molecule has 2 rings (SSSR count). The monoisotopic (exact) mass is 449 g/mol. The number of nitrogens with zero attached hydrogens (tertiary/aromatic N) is 1. The minimum Gasteiger partial charge on any atom is -0.497 e. The summed E-state index contributed by atoms with van der Waals surface area (Å²) in [5.74, 6) is 0.799. The lowest BCUT2D eigenvalue weighted by molar-refractivity contribution is -0.152. The van der Waals surface area contributed by atoms with Gasteiger partial charge in [0.2, 0.25) is 5.91 Å². The molecular formula is C21H24BrNO5. The van der Waals surface area contributed by atoms with Crippen molar-refractivity contribution in [2.24, 2.45) is 0 Å². The Hall–Kier alpha value is -2.54. The molecule has 0 aliphatic rings. The molecule has 1 atom stereocenters. The molecule has 0 unspecified atom stereocenters. The highest BCUT2D eigenvalue weighted by Crippen LogP contribution is 2.19. The normalized spacial score (nSPS) is 11.4. The number of hydrogen-bond donors (Lipinski definition) is 0. The van der Waals surface area contributed by atoms with Crippen LogP contribution >= 0.6 is 15.9 Å². The Morgan fingerprint density at radius 2 is 1.39 bits per heavy atom. The molecule has 0 spiro atoms. The van der Waals surface area contributed by atoms with Crippen LogP contribution in [0.3, 0.4) is 0 Å². The molecular weight excluding hydrogens is 426 g/mol. The van der Waals surface area contributed by atoms with E-state index in [4.69, 9.17) is 14.2 Å². The van der Waals surface area contributed by atoms with E-state index in [1.165, 1.54) is 12.0 Å². The summed E-state index contributed by atoms with van der Waals surface area (Å²) in [4.78, 5) is 26.7. The third kappa shape index (κ3) is 5.73. The second-order valence-electron chi connectivity index (χ2n) is 6.09. The van der Waals surface area contributed by atoms with Crippen molar-refractivity contribution in [3.63, 3.8) is 0 Å². The summed E-state index contributed by atoms with van der Waals surface area (Å²) < 4.78 is 15.3. The van der Waals surface area contributed by atoms with Gasteiger partial charge >= 0.3 is 5.97 Å². The molecule has 0 saturated carbocycles. The number of esters is 1. The first-order valence-electron chi connectivity index (χ1n) is 8.71. The van der Waals surface area contributed by atoms with Gasteiger partial charge in [0.25, 0.3) is 0 Å².